The molecule has 0 radical (unpaired) electrons. The van der Waals surface area contributed by atoms with Crippen LogP contribution in [0.1, 0.15) is 11.6 Å². The first-order chi connectivity index (χ1) is 6.99. The molecular formula is C9H10BrNO4. The summed E-state index contributed by atoms with van der Waals surface area (Å²) >= 11 is 3.07. The van der Waals surface area contributed by atoms with E-state index in [-0.39, 0.29) is 16.0 Å². The van der Waals surface area contributed by atoms with Crippen molar-refractivity contribution in [2.75, 3.05) is 7.11 Å². The fourth-order valence-corrected chi connectivity index (χ4v) is 1.67. The van der Waals surface area contributed by atoms with Crippen LogP contribution in [-0.2, 0) is 4.79 Å². The highest BCUT2D eigenvalue weighted by atomic mass is 79.9. The molecule has 15 heavy (non-hydrogen) atoms. The van der Waals surface area contributed by atoms with Gasteiger partial charge in [-0.05, 0) is 27.6 Å². The first-order valence-electron chi connectivity index (χ1n) is 4.02. The van der Waals surface area contributed by atoms with Gasteiger partial charge in [-0.3, -0.25) is 4.79 Å². The molecule has 0 aliphatic heterocycles. The minimum Gasteiger partial charge on any atom is -0.503 e. The Kier molecular flexibility index (Phi) is 3.54. The summed E-state index contributed by atoms with van der Waals surface area (Å²) in [5, 5.41) is 18.3. The Morgan fingerprint density at radius 3 is 2.67 bits per heavy atom. The Morgan fingerprint density at radius 1 is 1.60 bits per heavy atom. The molecule has 0 aliphatic rings. The molecular weight excluding hydrogens is 266 g/mol. The number of phenolic OH excluding ortho intramolecular Hbond substituents is 1. The van der Waals surface area contributed by atoms with Crippen molar-refractivity contribution < 1.29 is 19.7 Å². The number of benzene rings is 1. The predicted molar refractivity (Wildman–Crippen MR) is 56.9 cm³/mol. The first-order valence-corrected chi connectivity index (χ1v) is 4.82. The second kappa shape index (κ2) is 4.50. The molecule has 6 heteroatoms. The number of halogens is 1. The number of carboxylic acids is 1. The van der Waals surface area contributed by atoms with Gasteiger partial charge in [0.2, 0.25) is 0 Å². The van der Waals surface area contributed by atoms with Crippen LogP contribution in [0.25, 0.3) is 0 Å². The van der Waals surface area contributed by atoms with Gasteiger partial charge in [0.25, 0.3) is 0 Å². The van der Waals surface area contributed by atoms with Crippen LogP contribution >= 0.6 is 15.9 Å². The summed E-state index contributed by atoms with van der Waals surface area (Å²) in [6.07, 6.45) is 0. The number of hydrogen-bond acceptors (Lipinski definition) is 4. The van der Waals surface area contributed by atoms with Gasteiger partial charge in [0, 0.05) is 0 Å². The molecule has 0 aliphatic carbocycles. The normalized spacial score (nSPS) is 12.2. The number of ether oxygens (including phenoxy) is 1. The number of aliphatic carboxylic acids is 1. The van der Waals surface area contributed by atoms with Crippen molar-refractivity contribution in [2.45, 2.75) is 6.04 Å². The number of rotatable bonds is 3. The third kappa shape index (κ3) is 2.21. The zero-order valence-corrected chi connectivity index (χ0v) is 9.48. The number of nitrogens with two attached hydrogens (primary N) is 1. The summed E-state index contributed by atoms with van der Waals surface area (Å²) in [5.41, 5.74) is 5.71. The second-order valence-corrected chi connectivity index (χ2v) is 3.63. The molecule has 0 fully saturated rings. The van der Waals surface area contributed by atoms with Crippen LogP contribution in [0.15, 0.2) is 16.6 Å². The average Bonchev–Trinajstić information content (AvgIpc) is 2.21. The number of phenols is 1. The van der Waals surface area contributed by atoms with Crippen molar-refractivity contribution in [3.05, 3.63) is 22.2 Å². The largest absolute Gasteiger partial charge is 0.503 e. The van der Waals surface area contributed by atoms with Crippen molar-refractivity contribution in [3.8, 4) is 11.5 Å². The van der Waals surface area contributed by atoms with Gasteiger partial charge in [-0.2, -0.15) is 0 Å². The van der Waals surface area contributed by atoms with Crippen LogP contribution in [-0.4, -0.2) is 23.3 Å². The first kappa shape index (κ1) is 11.8. The number of carboxylic acid groups (broad SMARTS) is 1. The Labute approximate surface area is 94.6 Å². The molecule has 0 aromatic heterocycles. The van der Waals surface area contributed by atoms with Crippen LogP contribution in [0.5, 0.6) is 11.5 Å². The highest BCUT2D eigenvalue weighted by Gasteiger charge is 2.20. The Balaban J connectivity index is 3.23. The van der Waals surface area contributed by atoms with E-state index in [0.717, 1.165) is 0 Å². The van der Waals surface area contributed by atoms with Crippen LogP contribution in [0, 0.1) is 0 Å². The van der Waals surface area contributed by atoms with Gasteiger partial charge >= 0.3 is 5.97 Å². The quantitative estimate of drug-likeness (QED) is 0.772. The molecule has 82 valence electrons. The topological polar surface area (TPSA) is 92.8 Å². The van der Waals surface area contributed by atoms with Crippen molar-refractivity contribution in [2.24, 2.45) is 5.73 Å². The van der Waals surface area contributed by atoms with Crippen LogP contribution in [0.2, 0.25) is 0 Å². The lowest BCUT2D eigenvalue weighted by atomic mass is 10.1. The molecule has 0 spiro atoms. The van der Waals surface area contributed by atoms with Crippen LogP contribution < -0.4 is 10.5 Å². The van der Waals surface area contributed by atoms with Crippen LogP contribution in [0.3, 0.4) is 0 Å². The minimum atomic E-state index is -1.18. The average molecular weight is 276 g/mol. The molecule has 0 saturated heterocycles. The molecule has 1 aromatic carbocycles. The Morgan fingerprint density at radius 2 is 2.20 bits per heavy atom. The van der Waals surface area contributed by atoms with E-state index in [0.29, 0.717) is 5.56 Å². The van der Waals surface area contributed by atoms with Gasteiger partial charge in [-0.25, -0.2) is 0 Å². The lowest BCUT2D eigenvalue weighted by Crippen LogP contribution is -2.21. The monoisotopic (exact) mass is 275 g/mol. The summed E-state index contributed by atoms with van der Waals surface area (Å²) in [6.45, 7) is 0. The second-order valence-electron chi connectivity index (χ2n) is 2.84. The van der Waals surface area contributed by atoms with E-state index in [2.05, 4.69) is 15.9 Å². The summed E-state index contributed by atoms with van der Waals surface area (Å²) in [5.74, 6) is -1.07. The number of carbonyl (C=O) groups is 1. The molecule has 4 N–H and O–H groups in total. The number of aromatic hydroxyl groups is 1. The van der Waals surface area contributed by atoms with Gasteiger partial charge in [0.1, 0.15) is 6.04 Å². The maximum atomic E-state index is 10.7. The smallest absolute Gasteiger partial charge is 0.325 e. The lowest BCUT2D eigenvalue weighted by molar-refractivity contribution is -0.138. The number of hydrogen-bond donors (Lipinski definition) is 3. The molecule has 5 nitrogen and oxygen atoms in total. The van der Waals surface area contributed by atoms with E-state index in [9.17, 15) is 9.90 Å². The van der Waals surface area contributed by atoms with Gasteiger partial charge in [-0.1, -0.05) is 6.07 Å². The minimum absolute atomic E-state index is 0.160. The van der Waals surface area contributed by atoms with Crippen molar-refractivity contribution in [1.82, 2.24) is 0 Å². The van der Waals surface area contributed by atoms with E-state index in [1.54, 1.807) is 0 Å². The molecule has 0 heterocycles. The van der Waals surface area contributed by atoms with Gasteiger partial charge < -0.3 is 20.7 Å². The maximum Gasteiger partial charge on any atom is 0.325 e. The van der Waals surface area contributed by atoms with Gasteiger partial charge in [0.15, 0.2) is 11.5 Å². The van der Waals surface area contributed by atoms with E-state index in [4.69, 9.17) is 15.6 Å². The maximum absolute atomic E-state index is 10.7. The van der Waals surface area contributed by atoms with E-state index in [1.165, 1.54) is 19.2 Å². The fourth-order valence-electron chi connectivity index (χ4n) is 1.10. The van der Waals surface area contributed by atoms with E-state index in [1.807, 2.05) is 0 Å². The molecule has 1 rings (SSSR count). The van der Waals surface area contributed by atoms with E-state index < -0.39 is 12.0 Å². The summed E-state index contributed by atoms with van der Waals surface area (Å²) in [6, 6.07) is 1.76. The predicted octanol–water partition coefficient (Wildman–Crippen LogP) is 1.25. The van der Waals surface area contributed by atoms with Crippen molar-refractivity contribution >= 4 is 21.9 Å². The van der Waals surface area contributed by atoms with Crippen molar-refractivity contribution in [1.29, 1.82) is 0 Å². The summed E-state index contributed by atoms with van der Waals surface area (Å²) < 4.78 is 5.09. The zero-order valence-electron chi connectivity index (χ0n) is 7.90. The highest BCUT2D eigenvalue weighted by Crippen LogP contribution is 2.38. The molecule has 1 atom stereocenters. The summed E-state index contributed by atoms with van der Waals surface area (Å²) in [4.78, 5) is 10.7. The molecule has 1 aromatic rings. The molecule has 0 saturated carbocycles. The zero-order chi connectivity index (χ0) is 11.6. The Hall–Kier alpha value is -1.27. The third-order valence-electron chi connectivity index (χ3n) is 1.93. The molecule has 0 amide bonds. The Bertz CT molecular complexity index is 394. The number of methoxy groups -OCH3 is 1. The summed E-state index contributed by atoms with van der Waals surface area (Å²) in [7, 11) is 1.40. The third-order valence-corrected chi connectivity index (χ3v) is 2.76. The van der Waals surface area contributed by atoms with Crippen molar-refractivity contribution in [3.63, 3.8) is 0 Å². The van der Waals surface area contributed by atoms with Crippen LogP contribution in [0.4, 0.5) is 0 Å². The standard InChI is InChI=1S/C9H10BrNO4/c1-15-5-3-2-4(6(10)8(5)12)7(11)9(13)14/h2-3,7,12H,11H2,1H3,(H,13,14)/t7-/m0/s1. The molecule has 0 bridgehead atoms. The molecule has 0 unspecified atom stereocenters. The fraction of sp³-hybridized carbons (Fsp3) is 0.222. The van der Waals surface area contributed by atoms with Gasteiger partial charge in [-0.15, -0.1) is 0 Å². The van der Waals surface area contributed by atoms with Gasteiger partial charge in [0.05, 0.1) is 11.6 Å². The van der Waals surface area contributed by atoms with E-state index >= 15 is 0 Å². The lowest BCUT2D eigenvalue weighted by Gasteiger charge is -2.12. The SMILES string of the molecule is COc1ccc([C@H](N)C(=O)O)c(Br)c1O. The highest BCUT2D eigenvalue weighted by molar-refractivity contribution is 9.10.